The van der Waals surface area contributed by atoms with E-state index in [-0.39, 0.29) is 18.4 Å². The molecule has 0 saturated carbocycles. The zero-order valence-electron chi connectivity index (χ0n) is 14.6. The van der Waals surface area contributed by atoms with Gasteiger partial charge < -0.3 is 20.0 Å². The molecule has 0 aliphatic carbocycles. The van der Waals surface area contributed by atoms with Gasteiger partial charge in [-0.25, -0.2) is 0 Å². The van der Waals surface area contributed by atoms with Gasteiger partial charge in [0.15, 0.2) is 0 Å². The molecule has 132 valence electrons. The highest BCUT2D eigenvalue weighted by molar-refractivity contribution is 5.94. The first kappa shape index (κ1) is 18.5. The third-order valence-corrected chi connectivity index (χ3v) is 3.61. The van der Waals surface area contributed by atoms with Crippen LogP contribution in [0.15, 0.2) is 48.5 Å². The first-order valence-corrected chi connectivity index (χ1v) is 8.19. The third-order valence-electron chi connectivity index (χ3n) is 3.61. The van der Waals surface area contributed by atoms with E-state index < -0.39 is 12.0 Å². The summed E-state index contributed by atoms with van der Waals surface area (Å²) in [5, 5.41) is 13.8. The van der Waals surface area contributed by atoms with Crippen LogP contribution in [0.25, 0.3) is 0 Å². The number of aryl methyl sites for hydroxylation is 1. The number of benzene rings is 2. The van der Waals surface area contributed by atoms with E-state index in [2.05, 4.69) is 5.32 Å². The summed E-state index contributed by atoms with van der Waals surface area (Å²) >= 11 is 0. The minimum atomic E-state index is -1.22. The van der Waals surface area contributed by atoms with Crippen molar-refractivity contribution in [2.24, 2.45) is 0 Å². The Hall–Kier alpha value is -2.82. The summed E-state index contributed by atoms with van der Waals surface area (Å²) < 4.78 is 5.58. The molecule has 0 aromatic heterocycles. The highest BCUT2D eigenvalue weighted by Gasteiger charge is 2.16. The van der Waals surface area contributed by atoms with Crippen molar-refractivity contribution in [3.8, 4) is 5.75 Å². The predicted octanol–water partition coefficient (Wildman–Crippen LogP) is 2.39. The van der Waals surface area contributed by atoms with E-state index in [0.717, 1.165) is 5.56 Å². The largest absolute Gasteiger partial charge is 0.550 e. The van der Waals surface area contributed by atoms with Gasteiger partial charge in [-0.2, -0.15) is 0 Å². The number of nitrogens with one attached hydrogen (secondary N) is 1. The van der Waals surface area contributed by atoms with Crippen molar-refractivity contribution in [1.82, 2.24) is 5.32 Å². The molecular formula is C20H22NO4-. The van der Waals surface area contributed by atoms with Crippen LogP contribution in [-0.4, -0.2) is 18.0 Å². The van der Waals surface area contributed by atoms with Crippen LogP contribution < -0.4 is 15.2 Å². The maximum absolute atomic E-state index is 12.4. The molecule has 1 amide bonds. The summed E-state index contributed by atoms with van der Waals surface area (Å²) in [5.41, 5.74) is 2.13. The summed E-state index contributed by atoms with van der Waals surface area (Å²) in [6.45, 7) is 5.74. The van der Waals surface area contributed by atoms with E-state index in [0.29, 0.717) is 16.9 Å². The van der Waals surface area contributed by atoms with Gasteiger partial charge in [0.1, 0.15) is 5.75 Å². The number of hydrogen-bond donors (Lipinski definition) is 1. The Morgan fingerprint density at radius 3 is 2.36 bits per heavy atom. The zero-order chi connectivity index (χ0) is 18.4. The van der Waals surface area contributed by atoms with E-state index >= 15 is 0 Å². The average molecular weight is 340 g/mol. The summed E-state index contributed by atoms with van der Waals surface area (Å²) in [7, 11) is 0. The van der Waals surface area contributed by atoms with E-state index in [1.165, 1.54) is 0 Å². The summed E-state index contributed by atoms with van der Waals surface area (Å²) in [5.74, 6) is -0.856. The van der Waals surface area contributed by atoms with Crippen molar-refractivity contribution < 1.29 is 19.4 Å². The first-order chi connectivity index (χ1) is 11.8. The van der Waals surface area contributed by atoms with E-state index in [1.807, 2.05) is 26.8 Å². The van der Waals surface area contributed by atoms with Gasteiger partial charge in [-0.1, -0.05) is 29.8 Å². The lowest BCUT2D eigenvalue weighted by Gasteiger charge is -2.20. The van der Waals surface area contributed by atoms with Gasteiger partial charge in [-0.3, -0.25) is 4.79 Å². The Bertz CT molecular complexity index is 738. The van der Waals surface area contributed by atoms with Crippen LogP contribution in [0.5, 0.6) is 5.75 Å². The molecule has 2 aromatic carbocycles. The molecule has 0 heterocycles. The van der Waals surface area contributed by atoms with Crippen molar-refractivity contribution in [2.75, 3.05) is 0 Å². The van der Waals surface area contributed by atoms with Crippen molar-refractivity contribution in [1.29, 1.82) is 0 Å². The molecule has 1 unspecified atom stereocenters. The molecule has 1 atom stereocenters. The van der Waals surface area contributed by atoms with Gasteiger partial charge in [0.2, 0.25) is 0 Å². The van der Waals surface area contributed by atoms with Gasteiger partial charge in [-0.15, -0.1) is 0 Å². The van der Waals surface area contributed by atoms with Crippen molar-refractivity contribution in [2.45, 2.75) is 39.3 Å². The topological polar surface area (TPSA) is 78.5 Å². The number of carboxylic acids is 1. The average Bonchev–Trinajstić information content (AvgIpc) is 2.54. The van der Waals surface area contributed by atoms with E-state index in [1.54, 1.807) is 42.5 Å². The van der Waals surface area contributed by atoms with Crippen LogP contribution in [0, 0.1) is 6.92 Å². The Balaban J connectivity index is 2.18. The number of carbonyl (C=O) groups excluding carboxylic acids is 2. The molecule has 0 spiro atoms. The molecule has 0 bridgehead atoms. The monoisotopic (exact) mass is 340 g/mol. The first-order valence-electron chi connectivity index (χ1n) is 8.19. The second-order valence-corrected chi connectivity index (χ2v) is 6.21. The number of hydrogen-bond acceptors (Lipinski definition) is 4. The van der Waals surface area contributed by atoms with Crippen molar-refractivity contribution >= 4 is 11.9 Å². The second kappa shape index (κ2) is 8.33. The highest BCUT2D eigenvalue weighted by atomic mass is 16.5. The molecule has 1 N–H and O–H groups in total. The minimum Gasteiger partial charge on any atom is -0.550 e. The fourth-order valence-corrected chi connectivity index (χ4v) is 2.50. The molecule has 2 aromatic rings. The maximum atomic E-state index is 12.4. The molecule has 0 aliphatic rings. The molecule has 2 rings (SSSR count). The molecule has 5 nitrogen and oxygen atoms in total. The van der Waals surface area contributed by atoms with Crippen LogP contribution in [0.3, 0.4) is 0 Å². The number of ether oxygens (including phenoxy) is 1. The van der Waals surface area contributed by atoms with Gasteiger partial charge >= 0.3 is 0 Å². The third kappa shape index (κ3) is 5.64. The lowest BCUT2D eigenvalue weighted by Crippen LogP contribution is -2.34. The molecule has 0 aliphatic heterocycles. The molecular weight excluding hydrogens is 318 g/mol. The summed E-state index contributed by atoms with van der Waals surface area (Å²) in [6.07, 6.45) is -0.257. The smallest absolute Gasteiger partial charge is 0.251 e. The van der Waals surface area contributed by atoms with Crippen LogP contribution in [0.2, 0.25) is 0 Å². The number of carbonyl (C=O) groups is 2. The second-order valence-electron chi connectivity index (χ2n) is 6.21. The highest BCUT2D eigenvalue weighted by Crippen LogP contribution is 2.21. The molecule has 0 fully saturated rings. The maximum Gasteiger partial charge on any atom is 0.251 e. The Morgan fingerprint density at radius 1 is 1.12 bits per heavy atom. The molecule has 25 heavy (non-hydrogen) atoms. The van der Waals surface area contributed by atoms with Crippen LogP contribution in [-0.2, 0) is 4.79 Å². The van der Waals surface area contributed by atoms with Crippen molar-refractivity contribution in [3.63, 3.8) is 0 Å². The van der Waals surface area contributed by atoms with Gasteiger partial charge in [0.25, 0.3) is 5.91 Å². The van der Waals surface area contributed by atoms with Gasteiger partial charge in [-0.05, 0) is 50.6 Å². The molecule has 0 radical (unpaired) electrons. The lowest BCUT2D eigenvalue weighted by atomic mass is 10.0. The molecule has 0 saturated heterocycles. The number of carboxylic acid groups (broad SMARTS) is 1. The summed E-state index contributed by atoms with van der Waals surface area (Å²) in [4.78, 5) is 23.5. The fourth-order valence-electron chi connectivity index (χ4n) is 2.50. The van der Waals surface area contributed by atoms with E-state index in [4.69, 9.17) is 4.74 Å². The zero-order valence-corrected chi connectivity index (χ0v) is 14.6. The molecule has 5 heteroatoms. The predicted molar refractivity (Wildman–Crippen MR) is 93.2 cm³/mol. The number of amides is 1. The fraction of sp³-hybridized carbons (Fsp3) is 0.300. The van der Waals surface area contributed by atoms with Gasteiger partial charge in [0, 0.05) is 18.0 Å². The SMILES string of the molecule is Cc1cccc(C(=O)NC(CC(=O)[O-])c2ccc(OC(C)C)cc2)c1. The van der Waals surface area contributed by atoms with Gasteiger partial charge in [0.05, 0.1) is 12.1 Å². The van der Waals surface area contributed by atoms with Crippen molar-refractivity contribution in [3.05, 3.63) is 65.2 Å². The number of rotatable bonds is 7. The van der Waals surface area contributed by atoms with Crippen LogP contribution >= 0.6 is 0 Å². The van der Waals surface area contributed by atoms with Crippen LogP contribution in [0.4, 0.5) is 0 Å². The minimum absolute atomic E-state index is 0.0471. The Morgan fingerprint density at radius 2 is 1.80 bits per heavy atom. The normalized spacial score (nSPS) is 11.8. The number of aliphatic carboxylic acids is 1. The summed E-state index contributed by atoms with van der Waals surface area (Å²) in [6, 6.07) is 13.5. The Labute approximate surface area is 147 Å². The Kier molecular flexibility index (Phi) is 6.17. The van der Waals surface area contributed by atoms with Crippen LogP contribution in [0.1, 0.15) is 47.8 Å². The lowest BCUT2D eigenvalue weighted by molar-refractivity contribution is -0.306. The quantitative estimate of drug-likeness (QED) is 0.839. The standard InChI is InChI=1S/C20H23NO4/c1-13(2)25-17-9-7-15(8-10-17)18(12-19(22)23)21-20(24)16-6-4-5-14(3)11-16/h4-11,13,18H,12H2,1-3H3,(H,21,24)(H,22,23)/p-1. The van der Waals surface area contributed by atoms with E-state index in [9.17, 15) is 14.7 Å².